The monoisotopic (exact) mass is 714 g/mol. The number of unbranched alkanes of at least 4 members (excludes halogenated alkanes) is 14. The van der Waals surface area contributed by atoms with Gasteiger partial charge in [0.05, 0.1) is 17.7 Å². The molecule has 0 aliphatic rings. The first-order chi connectivity index (χ1) is 24.6. The van der Waals surface area contributed by atoms with Gasteiger partial charge in [0.1, 0.15) is 11.5 Å². The number of carbonyl (C=O) groups excluding carboxylic acids is 3. The number of benzene rings is 3. The van der Waals surface area contributed by atoms with Crippen LogP contribution in [-0.2, 0) is 9.47 Å². The van der Waals surface area contributed by atoms with E-state index in [0.717, 1.165) is 38.5 Å². The molecule has 0 spiro atoms. The van der Waals surface area contributed by atoms with Crippen LogP contribution in [0.4, 0.5) is 18.0 Å². The van der Waals surface area contributed by atoms with E-state index >= 15 is 0 Å². The van der Waals surface area contributed by atoms with Crippen LogP contribution in [0.2, 0.25) is 0 Å². The zero-order valence-electron chi connectivity index (χ0n) is 30.1. The molecule has 0 bridgehead atoms. The van der Waals surface area contributed by atoms with E-state index in [2.05, 4.69) is 16.4 Å². The summed E-state index contributed by atoms with van der Waals surface area (Å²) in [5, 5.41) is 1.17. The first-order valence-electron chi connectivity index (χ1n) is 18.6. The summed E-state index contributed by atoms with van der Waals surface area (Å²) in [6, 6.07) is 15.9. The third-order valence-corrected chi connectivity index (χ3v) is 8.71. The molecule has 0 fully saturated rings. The van der Waals surface area contributed by atoms with Gasteiger partial charge < -0.3 is 18.9 Å². The Bertz CT molecular complexity index is 1490. The number of ether oxygens (including phenoxy) is 4. The van der Waals surface area contributed by atoms with Crippen molar-refractivity contribution in [2.75, 3.05) is 6.61 Å². The minimum absolute atomic E-state index is 0.0563. The predicted octanol–water partition coefficient (Wildman–Crippen LogP) is 12.3. The number of alkyl halides is 3. The van der Waals surface area contributed by atoms with Crippen LogP contribution in [0, 0.1) is 0 Å². The van der Waals surface area contributed by atoms with Crippen molar-refractivity contribution >= 4 is 28.9 Å². The lowest BCUT2D eigenvalue weighted by Crippen LogP contribution is -2.34. The highest BCUT2D eigenvalue weighted by atomic mass is 19.4. The first-order valence-corrected chi connectivity index (χ1v) is 18.6. The molecule has 10 heteroatoms. The van der Waals surface area contributed by atoms with Crippen molar-refractivity contribution in [1.82, 2.24) is 0 Å². The molecule has 0 saturated carbocycles. The highest BCUT2D eigenvalue weighted by molar-refractivity contribution is 5.99. The smallest absolute Gasteiger partial charge is 0.494 e. The van der Waals surface area contributed by atoms with Crippen molar-refractivity contribution in [3.05, 3.63) is 71.8 Å². The third kappa shape index (κ3) is 15.8. The van der Waals surface area contributed by atoms with E-state index in [-0.39, 0.29) is 17.7 Å². The lowest BCUT2D eigenvalue weighted by Gasteiger charge is -2.20. The highest BCUT2D eigenvalue weighted by Crippen LogP contribution is 2.28. The normalized spacial score (nSPS) is 12.0. The fraction of sp³-hybridized carbons (Fsp3) is 0.537. The molecule has 0 heterocycles. The number of fused-ring (bicyclic) bond motifs is 1. The van der Waals surface area contributed by atoms with E-state index < -0.39 is 36.8 Å². The van der Waals surface area contributed by atoms with Crippen LogP contribution in [0.15, 0.2) is 60.7 Å². The molecular weight excluding hydrogens is 661 g/mol. The molecule has 1 atom stereocenters. The highest BCUT2D eigenvalue weighted by Gasteiger charge is 2.43. The van der Waals surface area contributed by atoms with Crippen LogP contribution < -0.4 is 9.47 Å². The third-order valence-electron chi connectivity index (χ3n) is 8.71. The van der Waals surface area contributed by atoms with Gasteiger partial charge in [-0.3, -0.25) is 0 Å². The van der Waals surface area contributed by atoms with E-state index in [1.54, 1.807) is 48.5 Å². The van der Waals surface area contributed by atoms with Gasteiger partial charge in [-0.05, 0) is 78.6 Å². The summed E-state index contributed by atoms with van der Waals surface area (Å²) in [7, 11) is 0. The van der Waals surface area contributed by atoms with E-state index in [0.29, 0.717) is 35.1 Å². The molecule has 0 radical (unpaired) electrons. The summed E-state index contributed by atoms with van der Waals surface area (Å²) >= 11 is 0. The Kier molecular flexibility index (Phi) is 18.4. The van der Waals surface area contributed by atoms with Crippen LogP contribution in [0.1, 0.15) is 144 Å². The number of hydrogen-bond donors (Lipinski definition) is 0. The van der Waals surface area contributed by atoms with Gasteiger partial charge in [-0.1, -0.05) is 116 Å². The molecule has 0 N–H and O–H groups in total. The van der Waals surface area contributed by atoms with Crippen molar-refractivity contribution in [2.45, 2.75) is 135 Å². The van der Waals surface area contributed by atoms with Crippen molar-refractivity contribution in [1.29, 1.82) is 0 Å². The van der Waals surface area contributed by atoms with Gasteiger partial charge in [0.25, 0.3) is 0 Å². The van der Waals surface area contributed by atoms with E-state index in [9.17, 15) is 27.6 Å². The van der Waals surface area contributed by atoms with Crippen LogP contribution in [0.3, 0.4) is 0 Å². The first kappa shape index (κ1) is 41.3. The molecule has 0 saturated heterocycles. The summed E-state index contributed by atoms with van der Waals surface area (Å²) in [5.74, 6) is -0.739. The Balaban J connectivity index is 1.43. The summed E-state index contributed by atoms with van der Waals surface area (Å²) in [6.45, 7) is 4.90. The maximum Gasteiger partial charge on any atom is 0.517 e. The minimum Gasteiger partial charge on any atom is -0.494 e. The molecule has 280 valence electrons. The molecule has 1 unspecified atom stereocenters. The van der Waals surface area contributed by atoms with Gasteiger partial charge in [-0.2, -0.15) is 13.2 Å². The summed E-state index contributed by atoms with van der Waals surface area (Å²) in [4.78, 5) is 37.4. The van der Waals surface area contributed by atoms with E-state index in [1.807, 2.05) is 6.92 Å². The Morgan fingerprint density at radius 3 is 1.71 bits per heavy atom. The second-order valence-corrected chi connectivity index (χ2v) is 13.0. The average molecular weight is 715 g/mol. The minimum atomic E-state index is -4.78. The topological polar surface area (TPSA) is 88.1 Å². The van der Waals surface area contributed by atoms with Gasteiger partial charge >= 0.3 is 24.3 Å². The molecule has 3 rings (SSSR count). The summed E-state index contributed by atoms with van der Waals surface area (Å²) in [6.07, 6.45) is 7.89. The lowest BCUT2D eigenvalue weighted by atomic mass is 10.1. The Morgan fingerprint density at radius 2 is 1.10 bits per heavy atom. The molecule has 3 aromatic rings. The number of esters is 2. The molecule has 0 amide bonds. The summed E-state index contributed by atoms with van der Waals surface area (Å²) in [5.41, 5.74) is 0.297. The molecule has 0 aromatic heterocycles. The van der Waals surface area contributed by atoms with E-state index in [1.165, 1.54) is 63.5 Å². The zero-order valence-corrected chi connectivity index (χ0v) is 30.1. The molecule has 0 aliphatic heterocycles. The van der Waals surface area contributed by atoms with Crippen LogP contribution >= 0.6 is 0 Å². The molecule has 0 aliphatic carbocycles. The Morgan fingerprint density at radius 1 is 0.588 bits per heavy atom. The lowest BCUT2D eigenvalue weighted by molar-refractivity contribution is -0.209. The number of rotatable bonds is 23. The fourth-order valence-electron chi connectivity index (χ4n) is 5.72. The number of halogens is 3. The summed E-state index contributed by atoms with van der Waals surface area (Å²) < 4.78 is 60.8. The second-order valence-electron chi connectivity index (χ2n) is 13.0. The fourth-order valence-corrected chi connectivity index (χ4v) is 5.72. The largest absolute Gasteiger partial charge is 0.517 e. The Labute approximate surface area is 300 Å². The second kappa shape index (κ2) is 22.7. The standard InChI is InChI=1S/C41H53F3O7/c1-3-5-7-9-11-12-13-14-16-18-28-48-35-25-22-31(23-26-35)38(45)49-36-27-24-32-29-34(21-20-33(32)30-36)39(46)51-40(47)50-37(41(42,43)44)19-17-15-10-8-6-4-2/h20-27,29-30,37H,3-19,28H2,1-2H3. The van der Waals surface area contributed by atoms with Gasteiger partial charge in [-0.25, -0.2) is 14.4 Å². The maximum absolute atomic E-state index is 13.4. The molecular formula is C41H53F3O7. The van der Waals surface area contributed by atoms with E-state index in [4.69, 9.17) is 9.47 Å². The van der Waals surface area contributed by atoms with Crippen molar-refractivity contribution < 1.29 is 46.5 Å². The quantitative estimate of drug-likeness (QED) is 0.0418. The molecule has 7 nitrogen and oxygen atoms in total. The van der Waals surface area contributed by atoms with Crippen molar-refractivity contribution in [3.8, 4) is 11.5 Å². The van der Waals surface area contributed by atoms with Gasteiger partial charge in [0, 0.05) is 0 Å². The van der Waals surface area contributed by atoms with Crippen LogP contribution in [-0.4, -0.2) is 37.0 Å². The van der Waals surface area contributed by atoms with Crippen molar-refractivity contribution in [2.24, 2.45) is 0 Å². The molecule has 51 heavy (non-hydrogen) atoms. The zero-order chi connectivity index (χ0) is 36.9. The van der Waals surface area contributed by atoms with Gasteiger partial charge in [-0.15, -0.1) is 0 Å². The average Bonchev–Trinajstić information content (AvgIpc) is 3.11. The SMILES string of the molecule is CCCCCCCCCCCCOc1ccc(C(=O)Oc2ccc3cc(C(=O)OC(=O)OC(CCCCCCCC)C(F)(F)F)ccc3c2)cc1. The van der Waals surface area contributed by atoms with Gasteiger partial charge in [0.15, 0.2) is 0 Å². The maximum atomic E-state index is 13.4. The number of carbonyl (C=O) groups is 3. The van der Waals surface area contributed by atoms with Gasteiger partial charge in [0.2, 0.25) is 6.10 Å². The number of hydrogen-bond acceptors (Lipinski definition) is 7. The predicted molar refractivity (Wildman–Crippen MR) is 192 cm³/mol. The van der Waals surface area contributed by atoms with Crippen molar-refractivity contribution in [3.63, 3.8) is 0 Å². The van der Waals surface area contributed by atoms with Crippen LogP contribution in [0.25, 0.3) is 10.8 Å². The van der Waals surface area contributed by atoms with Crippen LogP contribution in [0.5, 0.6) is 11.5 Å². The Hall–Kier alpha value is -4.08. The molecule has 3 aromatic carbocycles.